The maximum atomic E-state index is 12.5. The van der Waals surface area contributed by atoms with Crippen LogP contribution >= 0.6 is 0 Å². The smallest absolute Gasteiger partial charge is 0.272 e. The van der Waals surface area contributed by atoms with Gasteiger partial charge in [-0.15, -0.1) is 0 Å². The van der Waals surface area contributed by atoms with Crippen molar-refractivity contribution in [3.63, 3.8) is 0 Å². The SMILES string of the molecule is Cc1c(-c2ccccc2)n[nH]c1C(=O)N/N=C\c1cccc2ccccc12. The standard InChI is InChI=1S/C22H18N4O/c1-15-20(17-9-3-2-4-10-17)24-25-21(15)22(27)26-23-14-18-12-7-11-16-8-5-6-13-19(16)18/h2-14H,1H3,(H,24,25)(H,26,27)/b23-14-. The predicted octanol–water partition coefficient (Wildman–Crippen LogP) is 4.30. The molecule has 4 aromatic rings. The Hall–Kier alpha value is -3.73. The molecule has 132 valence electrons. The molecule has 3 aromatic carbocycles. The third-order valence-electron chi connectivity index (χ3n) is 4.48. The van der Waals surface area contributed by atoms with Gasteiger partial charge in [0.15, 0.2) is 0 Å². The number of H-pyrrole nitrogens is 1. The average molecular weight is 354 g/mol. The molecule has 0 aliphatic heterocycles. The summed E-state index contributed by atoms with van der Waals surface area (Å²) in [6.07, 6.45) is 1.66. The highest BCUT2D eigenvalue weighted by atomic mass is 16.2. The van der Waals surface area contributed by atoms with Crippen molar-refractivity contribution in [3.8, 4) is 11.3 Å². The number of hydrogen-bond acceptors (Lipinski definition) is 3. The molecule has 0 unspecified atom stereocenters. The fraction of sp³-hybridized carbons (Fsp3) is 0.0455. The Labute approximate surface area is 156 Å². The molecule has 0 bridgehead atoms. The highest BCUT2D eigenvalue weighted by Crippen LogP contribution is 2.22. The van der Waals surface area contributed by atoms with Gasteiger partial charge >= 0.3 is 0 Å². The van der Waals surface area contributed by atoms with Crippen LogP contribution in [0.5, 0.6) is 0 Å². The first kappa shape index (κ1) is 16.7. The van der Waals surface area contributed by atoms with Crippen molar-refractivity contribution in [2.75, 3.05) is 0 Å². The van der Waals surface area contributed by atoms with E-state index in [-0.39, 0.29) is 5.91 Å². The largest absolute Gasteiger partial charge is 0.289 e. The topological polar surface area (TPSA) is 70.1 Å². The maximum absolute atomic E-state index is 12.5. The zero-order chi connectivity index (χ0) is 18.6. The lowest BCUT2D eigenvalue weighted by Gasteiger charge is -2.02. The number of nitrogens with zero attached hydrogens (tertiary/aromatic N) is 2. The van der Waals surface area contributed by atoms with E-state index >= 15 is 0 Å². The van der Waals surface area contributed by atoms with E-state index in [9.17, 15) is 4.79 Å². The fourth-order valence-electron chi connectivity index (χ4n) is 3.08. The van der Waals surface area contributed by atoms with E-state index in [2.05, 4.69) is 20.7 Å². The number of rotatable bonds is 4. The van der Waals surface area contributed by atoms with Gasteiger partial charge in [0, 0.05) is 16.7 Å². The molecule has 1 amide bonds. The Bertz CT molecular complexity index is 1120. The molecule has 0 saturated heterocycles. The van der Waals surface area contributed by atoms with Crippen LogP contribution in [0.25, 0.3) is 22.0 Å². The molecule has 0 saturated carbocycles. The number of carbonyl (C=O) groups excluding carboxylic acids is 1. The van der Waals surface area contributed by atoms with E-state index in [0.29, 0.717) is 5.69 Å². The van der Waals surface area contributed by atoms with Gasteiger partial charge in [-0.2, -0.15) is 10.2 Å². The van der Waals surface area contributed by atoms with Gasteiger partial charge in [0.25, 0.3) is 5.91 Å². The molecule has 0 radical (unpaired) electrons. The minimum absolute atomic E-state index is 0.321. The maximum Gasteiger partial charge on any atom is 0.289 e. The van der Waals surface area contributed by atoms with Crippen molar-refractivity contribution in [2.24, 2.45) is 5.10 Å². The molecule has 1 heterocycles. The zero-order valence-corrected chi connectivity index (χ0v) is 14.8. The van der Waals surface area contributed by atoms with Crippen molar-refractivity contribution in [1.29, 1.82) is 0 Å². The van der Waals surface area contributed by atoms with Crippen LogP contribution in [0.4, 0.5) is 0 Å². The van der Waals surface area contributed by atoms with Crippen LogP contribution in [0.2, 0.25) is 0 Å². The van der Waals surface area contributed by atoms with E-state index in [4.69, 9.17) is 0 Å². The third-order valence-corrected chi connectivity index (χ3v) is 4.48. The Morgan fingerprint density at radius 1 is 1.00 bits per heavy atom. The van der Waals surface area contributed by atoms with Crippen molar-refractivity contribution in [2.45, 2.75) is 6.92 Å². The zero-order valence-electron chi connectivity index (χ0n) is 14.8. The number of aromatic nitrogens is 2. The van der Waals surface area contributed by atoms with Gasteiger partial charge in [0.1, 0.15) is 5.69 Å². The number of amides is 1. The monoisotopic (exact) mass is 354 g/mol. The van der Waals surface area contributed by atoms with Gasteiger partial charge in [-0.1, -0.05) is 72.8 Å². The summed E-state index contributed by atoms with van der Waals surface area (Å²) in [5.74, 6) is -0.321. The summed E-state index contributed by atoms with van der Waals surface area (Å²) >= 11 is 0. The molecule has 5 heteroatoms. The van der Waals surface area contributed by atoms with Crippen LogP contribution in [0, 0.1) is 6.92 Å². The Morgan fingerprint density at radius 2 is 1.74 bits per heavy atom. The highest BCUT2D eigenvalue weighted by molar-refractivity contribution is 6.01. The lowest BCUT2D eigenvalue weighted by Crippen LogP contribution is -2.19. The molecule has 1 aromatic heterocycles. The van der Waals surface area contributed by atoms with E-state index in [1.54, 1.807) is 6.21 Å². The fourth-order valence-corrected chi connectivity index (χ4v) is 3.08. The molecular weight excluding hydrogens is 336 g/mol. The summed E-state index contributed by atoms with van der Waals surface area (Å²) in [4.78, 5) is 12.5. The number of nitrogens with one attached hydrogen (secondary N) is 2. The number of fused-ring (bicyclic) bond motifs is 1. The number of benzene rings is 3. The van der Waals surface area contributed by atoms with Crippen LogP contribution in [0.1, 0.15) is 21.6 Å². The van der Waals surface area contributed by atoms with E-state index < -0.39 is 0 Å². The number of carbonyl (C=O) groups is 1. The summed E-state index contributed by atoms with van der Waals surface area (Å²) in [6, 6.07) is 23.8. The first-order valence-electron chi connectivity index (χ1n) is 8.65. The normalized spacial score (nSPS) is 11.1. The van der Waals surface area contributed by atoms with Crippen molar-refractivity contribution in [1.82, 2.24) is 15.6 Å². The van der Waals surface area contributed by atoms with E-state index in [1.807, 2.05) is 79.7 Å². The predicted molar refractivity (Wildman–Crippen MR) is 108 cm³/mol. The Morgan fingerprint density at radius 3 is 2.59 bits per heavy atom. The molecule has 0 spiro atoms. The Kier molecular flexibility index (Phi) is 4.49. The molecule has 4 rings (SSSR count). The van der Waals surface area contributed by atoms with E-state index in [1.165, 1.54) is 0 Å². The summed E-state index contributed by atoms with van der Waals surface area (Å²) in [5.41, 5.74) is 6.44. The van der Waals surface area contributed by atoms with Crippen molar-refractivity contribution in [3.05, 3.63) is 89.6 Å². The van der Waals surface area contributed by atoms with Gasteiger partial charge in [-0.3, -0.25) is 9.89 Å². The van der Waals surface area contributed by atoms with Gasteiger partial charge in [0.2, 0.25) is 0 Å². The second-order valence-electron chi connectivity index (χ2n) is 6.21. The van der Waals surface area contributed by atoms with Crippen LogP contribution in [0.15, 0.2) is 77.9 Å². The third kappa shape index (κ3) is 3.35. The molecular formula is C22H18N4O. The van der Waals surface area contributed by atoms with Gasteiger partial charge in [0.05, 0.1) is 11.9 Å². The highest BCUT2D eigenvalue weighted by Gasteiger charge is 2.16. The second-order valence-corrected chi connectivity index (χ2v) is 6.21. The minimum Gasteiger partial charge on any atom is -0.272 e. The molecule has 0 aliphatic carbocycles. The van der Waals surface area contributed by atoms with Crippen molar-refractivity contribution < 1.29 is 4.79 Å². The molecule has 5 nitrogen and oxygen atoms in total. The number of hydrazone groups is 1. The Balaban J connectivity index is 1.53. The molecule has 27 heavy (non-hydrogen) atoms. The number of aromatic amines is 1. The van der Waals surface area contributed by atoms with Crippen LogP contribution in [-0.4, -0.2) is 22.3 Å². The number of hydrogen-bond donors (Lipinski definition) is 2. The van der Waals surface area contributed by atoms with E-state index in [0.717, 1.165) is 33.2 Å². The second kappa shape index (κ2) is 7.25. The van der Waals surface area contributed by atoms with Crippen LogP contribution in [-0.2, 0) is 0 Å². The lowest BCUT2D eigenvalue weighted by atomic mass is 10.1. The van der Waals surface area contributed by atoms with Gasteiger partial charge < -0.3 is 0 Å². The van der Waals surface area contributed by atoms with Crippen LogP contribution in [0.3, 0.4) is 0 Å². The van der Waals surface area contributed by atoms with Gasteiger partial charge in [-0.05, 0) is 17.7 Å². The molecule has 0 atom stereocenters. The molecule has 2 N–H and O–H groups in total. The lowest BCUT2D eigenvalue weighted by molar-refractivity contribution is 0.0949. The minimum atomic E-state index is -0.321. The first-order chi connectivity index (χ1) is 13.2. The summed E-state index contributed by atoms with van der Waals surface area (Å²) in [6.45, 7) is 1.87. The first-order valence-corrected chi connectivity index (χ1v) is 8.65. The average Bonchev–Trinajstić information content (AvgIpc) is 3.10. The molecule has 0 aliphatic rings. The quantitative estimate of drug-likeness (QED) is 0.424. The molecule has 0 fully saturated rings. The van der Waals surface area contributed by atoms with Crippen molar-refractivity contribution >= 4 is 22.9 Å². The van der Waals surface area contributed by atoms with Gasteiger partial charge in [-0.25, -0.2) is 5.43 Å². The summed E-state index contributed by atoms with van der Waals surface area (Å²) < 4.78 is 0. The van der Waals surface area contributed by atoms with Crippen LogP contribution < -0.4 is 5.43 Å². The summed E-state index contributed by atoms with van der Waals surface area (Å²) in [5, 5.41) is 13.4. The summed E-state index contributed by atoms with van der Waals surface area (Å²) in [7, 11) is 0.